The molecule has 0 heterocycles. The highest BCUT2D eigenvalue weighted by atomic mass is 35.5. The number of anilines is 2. The molecule has 0 saturated heterocycles. The quantitative estimate of drug-likeness (QED) is 0.831. The Hall–Kier alpha value is -1.71. The number of halogens is 2. The zero-order valence-corrected chi connectivity index (χ0v) is 12.7. The van der Waals surface area contributed by atoms with Gasteiger partial charge in [0, 0.05) is 5.69 Å². The predicted octanol–water partition coefficient (Wildman–Crippen LogP) is 4.25. The standard InChI is InChI=1S/C16H14Cl2N2O/c17-12-8-11(9-13(18)14(12)19)20-15(21)16(6-7-16)10-4-2-1-3-5-10/h1-5,8-9H,6-7,19H2,(H,20,21). The zero-order valence-electron chi connectivity index (χ0n) is 11.2. The van der Waals surface area contributed by atoms with Crippen LogP contribution in [0.5, 0.6) is 0 Å². The Labute approximate surface area is 133 Å². The van der Waals surface area contributed by atoms with E-state index in [1.807, 2.05) is 30.3 Å². The lowest BCUT2D eigenvalue weighted by molar-refractivity contribution is -0.118. The van der Waals surface area contributed by atoms with Crippen LogP contribution in [0.25, 0.3) is 0 Å². The second kappa shape index (κ2) is 5.24. The lowest BCUT2D eigenvalue weighted by Gasteiger charge is -2.16. The lowest BCUT2D eigenvalue weighted by atomic mass is 9.95. The number of nitrogens with one attached hydrogen (secondary N) is 1. The highest BCUT2D eigenvalue weighted by Gasteiger charge is 2.51. The summed E-state index contributed by atoms with van der Waals surface area (Å²) in [5.74, 6) is -0.0365. The highest BCUT2D eigenvalue weighted by Crippen LogP contribution is 2.49. The third-order valence-electron chi connectivity index (χ3n) is 3.85. The summed E-state index contributed by atoms with van der Waals surface area (Å²) < 4.78 is 0. The van der Waals surface area contributed by atoms with Gasteiger partial charge >= 0.3 is 0 Å². The fraction of sp³-hybridized carbons (Fsp3) is 0.188. The molecule has 0 atom stereocenters. The molecule has 0 radical (unpaired) electrons. The summed E-state index contributed by atoms with van der Waals surface area (Å²) in [6.07, 6.45) is 1.69. The second-order valence-corrected chi connectivity index (χ2v) is 6.07. The van der Waals surface area contributed by atoms with E-state index in [2.05, 4.69) is 5.32 Å². The lowest BCUT2D eigenvalue weighted by Crippen LogP contribution is -2.27. The van der Waals surface area contributed by atoms with Crippen LogP contribution in [-0.2, 0) is 10.2 Å². The Bertz CT molecular complexity index is 674. The molecular weight excluding hydrogens is 307 g/mol. The van der Waals surface area contributed by atoms with Crippen molar-refractivity contribution in [3.05, 3.63) is 58.1 Å². The molecule has 0 spiro atoms. The molecule has 1 aliphatic carbocycles. The van der Waals surface area contributed by atoms with Crippen molar-refractivity contribution >= 4 is 40.5 Å². The topological polar surface area (TPSA) is 55.1 Å². The average molecular weight is 321 g/mol. The number of benzene rings is 2. The minimum atomic E-state index is -0.429. The van der Waals surface area contributed by atoms with Gasteiger partial charge in [-0.1, -0.05) is 53.5 Å². The molecule has 2 aromatic rings. The Morgan fingerprint density at radius 1 is 1.10 bits per heavy atom. The first-order valence-electron chi connectivity index (χ1n) is 6.64. The van der Waals surface area contributed by atoms with Gasteiger partial charge in [-0.05, 0) is 30.5 Å². The Morgan fingerprint density at radius 2 is 1.67 bits per heavy atom. The predicted molar refractivity (Wildman–Crippen MR) is 86.9 cm³/mol. The van der Waals surface area contributed by atoms with Crippen molar-refractivity contribution in [1.29, 1.82) is 0 Å². The number of carbonyl (C=O) groups is 1. The first-order chi connectivity index (χ1) is 10.0. The summed E-state index contributed by atoms with van der Waals surface area (Å²) in [6, 6.07) is 13.0. The van der Waals surface area contributed by atoms with Crippen LogP contribution in [0.3, 0.4) is 0 Å². The van der Waals surface area contributed by atoms with E-state index < -0.39 is 5.41 Å². The molecule has 1 fully saturated rings. The number of carbonyl (C=O) groups excluding carboxylic acids is 1. The smallest absolute Gasteiger partial charge is 0.235 e. The summed E-state index contributed by atoms with van der Waals surface area (Å²) in [5.41, 5.74) is 7.18. The maximum absolute atomic E-state index is 12.6. The van der Waals surface area contributed by atoms with Crippen molar-refractivity contribution in [3.63, 3.8) is 0 Å². The molecule has 1 aliphatic rings. The van der Waals surface area contributed by atoms with E-state index in [1.54, 1.807) is 12.1 Å². The molecule has 0 aromatic heterocycles. The summed E-state index contributed by atoms with van der Waals surface area (Å²) in [4.78, 5) is 12.6. The maximum Gasteiger partial charge on any atom is 0.235 e. The third kappa shape index (κ3) is 2.59. The first-order valence-corrected chi connectivity index (χ1v) is 7.40. The molecule has 3 rings (SSSR count). The van der Waals surface area contributed by atoms with Gasteiger partial charge < -0.3 is 11.1 Å². The molecule has 2 aromatic carbocycles. The Kier molecular flexibility index (Phi) is 3.56. The van der Waals surface area contributed by atoms with E-state index in [4.69, 9.17) is 28.9 Å². The first kappa shape index (κ1) is 14.2. The molecule has 5 heteroatoms. The summed E-state index contributed by atoms with van der Waals surface area (Å²) in [5, 5.41) is 3.56. The molecular formula is C16H14Cl2N2O. The van der Waals surface area contributed by atoms with Crippen LogP contribution >= 0.6 is 23.2 Å². The molecule has 3 nitrogen and oxygen atoms in total. The van der Waals surface area contributed by atoms with Crippen molar-refractivity contribution in [2.75, 3.05) is 11.1 Å². The van der Waals surface area contributed by atoms with E-state index in [9.17, 15) is 4.79 Å². The zero-order chi connectivity index (χ0) is 15.0. The number of nitrogens with two attached hydrogens (primary N) is 1. The molecule has 108 valence electrons. The van der Waals surface area contributed by atoms with Gasteiger partial charge in [-0.15, -0.1) is 0 Å². The van der Waals surface area contributed by atoms with Crippen LogP contribution in [0.15, 0.2) is 42.5 Å². The summed E-state index contributed by atoms with van der Waals surface area (Å²) in [6.45, 7) is 0. The van der Waals surface area contributed by atoms with E-state index in [-0.39, 0.29) is 5.91 Å². The second-order valence-electron chi connectivity index (χ2n) is 5.26. The van der Waals surface area contributed by atoms with Crippen molar-refractivity contribution in [1.82, 2.24) is 0 Å². The molecule has 1 amide bonds. The molecule has 0 unspecified atom stereocenters. The van der Waals surface area contributed by atoms with Gasteiger partial charge in [0.1, 0.15) is 0 Å². The van der Waals surface area contributed by atoms with Crippen LogP contribution in [-0.4, -0.2) is 5.91 Å². The van der Waals surface area contributed by atoms with Gasteiger partial charge in [-0.25, -0.2) is 0 Å². The average Bonchev–Trinajstić information content (AvgIpc) is 3.27. The van der Waals surface area contributed by atoms with E-state index in [0.29, 0.717) is 21.4 Å². The highest BCUT2D eigenvalue weighted by molar-refractivity contribution is 6.39. The molecule has 0 bridgehead atoms. The van der Waals surface area contributed by atoms with Gasteiger partial charge in [-0.3, -0.25) is 4.79 Å². The normalized spacial score (nSPS) is 15.5. The number of nitrogen functional groups attached to an aromatic ring is 1. The monoisotopic (exact) mass is 320 g/mol. The van der Waals surface area contributed by atoms with Crippen LogP contribution in [0.4, 0.5) is 11.4 Å². The fourth-order valence-corrected chi connectivity index (χ4v) is 2.92. The van der Waals surface area contributed by atoms with Crippen molar-refractivity contribution in [2.24, 2.45) is 0 Å². The van der Waals surface area contributed by atoms with Gasteiger partial charge in [-0.2, -0.15) is 0 Å². The molecule has 0 aliphatic heterocycles. The minimum absolute atomic E-state index is 0.0365. The maximum atomic E-state index is 12.6. The van der Waals surface area contributed by atoms with Crippen molar-refractivity contribution < 1.29 is 4.79 Å². The molecule has 3 N–H and O–H groups in total. The third-order valence-corrected chi connectivity index (χ3v) is 4.47. The van der Waals surface area contributed by atoms with E-state index >= 15 is 0 Å². The van der Waals surface area contributed by atoms with Crippen molar-refractivity contribution in [2.45, 2.75) is 18.3 Å². The Morgan fingerprint density at radius 3 is 2.19 bits per heavy atom. The van der Waals surface area contributed by atoms with Gasteiger partial charge in [0.15, 0.2) is 0 Å². The van der Waals surface area contributed by atoms with E-state index in [1.165, 1.54) is 0 Å². The largest absolute Gasteiger partial charge is 0.396 e. The van der Waals surface area contributed by atoms with Gasteiger partial charge in [0.05, 0.1) is 21.1 Å². The van der Waals surface area contributed by atoms with Gasteiger partial charge in [0.25, 0.3) is 0 Å². The van der Waals surface area contributed by atoms with Crippen LogP contribution in [0.1, 0.15) is 18.4 Å². The summed E-state index contributed by atoms with van der Waals surface area (Å²) >= 11 is 12.0. The van der Waals surface area contributed by atoms with Crippen LogP contribution in [0.2, 0.25) is 10.0 Å². The van der Waals surface area contributed by atoms with Gasteiger partial charge in [0.2, 0.25) is 5.91 Å². The number of amides is 1. The SMILES string of the molecule is Nc1c(Cl)cc(NC(=O)C2(c3ccccc3)CC2)cc1Cl. The number of hydrogen-bond donors (Lipinski definition) is 2. The number of rotatable bonds is 3. The molecule has 1 saturated carbocycles. The fourth-order valence-electron chi connectivity index (χ4n) is 2.44. The number of hydrogen-bond acceptors (Lipinski definition) is 2. The van der Waals surface area contributed by atoms with E-state index in [0.717, 1.165) is 18.4 Å². The van der Waals surface area contributed by atoms with Crippen LogP contribution < -0.4 is 11.1 Å². The van der Waals surface area contributed by atoms with Crippen molar-refractivity contribution in [3.8, 4) is 0 Å². The molecule has 21 heavy (non-hydrogen) atoms. The summed E-state index contributed by atoms with van der Waals surface area (Å²) in [7, 11) is 0. The van der Waals surface area contributed by atoms with Crippen LogP contribution in [0, 0.1) is 0 Å². The minimum Gasteiger partial charge on any atom is -0.396 e. The Balaban J connectivity index is 1.85.